The summed E-state index contributed by atoms with van der Waals surface area (Å²) in [7, 11) is -3.27. The van der Waals surface area contributed by atoms with Gasteiger partial charge in [-0.1, -0.05) is 30.3 Å². The molecule has 1 fully saturated rings. The second-order valence-electron chi connectivity index (χ2n) is 6.52. The summed E-state index contributed by atoms with van der Waals surface area (Å²) in [4.78, 5) is 13.6. The van der Waals surface area contributed by atoms with Crippen molar-refractivity contribution in [3.63, 3.8) is 0 Å². The van der Waals surface area contributed by atoms with Crippen molar-refractivity contribution in [1.29, 1.82) is 0 Å². The van der Waals surface area contributed by atoms with E-state index < -0.39 is 26.8 Å². The van der Waals surface area contributed by atoms with Gasteiger partial charge >= 0.3 is 6.09 Å². The van der Waals surface area contributed by atoms with E-state index in [0.29, 0.717) is 13.0 Å². The van der Waals surface area contributed by atoms with Crippen molar-refractivity contribution in [2.24, 2.45) is 0 Å². The van der Waals surface area contributed by atoms with Crippen molar-refractivity contribution in [1.82, 2.24) is 4.90 Å². The first-order valence-corrected chi connectivity index (χ1v) is 9.15. The fraction of sp³-hybridized carbons (Fsp3) is 0.562. The Morgan fingerprint density at radius 3 is 2.41 bits per heavy atom. The summed E-state index contributed by atoms with van der Waals surface area (Å²) >= 11 is 0. The van der Waals surface area contributed by atoms with E-state index in [4.69, 9.17) is 4.74 Å². The molecule has 122 valence electrons. The van der Waals surface area contributed by atoms with Gasteiger partial charge in [0.25, 0.3) is 0 Å². The molecule has 1 aliphatic rings. The molecule has 0 radical (unpaired) electrons. The van der Waals surface area contributed by atoms with E-state index >= 15 is 0 Å². The predicted octanol–water partition coefficient (Wildman–Crippen LogP) is 2.78. The molecule has 0 aliphatic carbocycles. The number of benzene rings is 1. The van der Waals surface area contributed by atoms with Gasteiger partial charge in [0.2, 0.25) is 0 Å². The molecule has 1 aromatic carbocycles. The smallest absolute Gasteiger partial charge is 0.410 e. The third kappa shape index (κ3) is 4.22. The van der Waals surface area contributed by atoms with Crippen molar-refractivity contribution < 1.29 is 17.9 Å². The lowest BCUT2D eigenvalue weighted by Gasteiger charge is -2.26. The number of rotatable bonds is 1. The van der Waals surface area contributed by atoms with Crippen LogP contribution in [0.2, 0.25) is 0 Å². The van der Waals surface area contributed by atoms with Gasteiger partial charge in [-0.05, 0) is 32.8 Å². The molecular weight excluding hydrogens is 302 g/mol. The molecule has 1 saturated heterocycles. The molecule has 0 bridgehead atoms. The van der Waals surface area contributed by atoms with Crippen molar-refractivity contribution in [2.75, 3.05) is 18.8 Å². The summed E-state index contributed by atoms with van der Waals surface area (Å²) in [5.74, 6) is -0.0359. The van der Waals surface area contributed by atoms with E-state index in [1.165, 1.54) is 4.90 Å². The van der Waals surface area contributed by atoms with E-state index in [9.17, 15) is 13.2 Å². The first-order chi connectivity index (χ1) is 10.2. The van der Waals surface area contributed by atoms with Crippen molar-refractivity contribution in [3.05, 3.63) is 35.9 Å². The lowest BCUT2D eigenvalue weighted by molar-refractivity contribution is 0.0263. The molecule has 0 aromatic heterocycles. The van der Waals surface area contributed by atoms with E-state index in [-0.39, 0.29) is 12.3 Å². The number of sulfone groups is 1. The number of carbonyl (C=O) groups excluding carboxylic acids is 1. The maximum atomic E-state index is 12.5. The highest BCUT2D eigenvalue weighted by Gasteiger charge is 2.33. The zero-order valence-electron chi connectivity index (χ0n) is 13.3. The minimum atomic E-state index is -3.27. The highest BCUT2D eigenvalue weighted by molar-refractivity contribution is 7.91. The van der Waals surface area contributed by atoms with Crippen LogP contribution in [0.15, 0.2) is 30.3 Å². The van der Waals surface area contributed by atoms with E-state index in [0.717, 1.165) is 5.56 Å². The third-order valence-electron chi connectivity index (χ3n) is 3.56. The Hall–Kier alpha value is -1.56. The average molecular weight is 325 g/mol. The van der Waals surface area contributed by atoms with Crippen molar-refractivity contribution in [3.8, 4) is 0 Å². The second-order valence-corrected chi connectivity index (χ2v) is 8.83. The van der Waals surface area contributed by atoms with Gasteiger partial charge in [-0.3, -0.25) is 0 Å². The van der Waals surface area contributed by atoms with Crippen LogP contribution in [-0.2, 0) is 14.6 Å². The summed E-state index contributed by atoms with van der Waals surface area (Å²) in [5, 5.41) is -0.555. The van der Waals surface area contributed by atoms with E-state index in [2.05, 4.69) is 0 Å². The van der Waals surface area contributed by atoms with Gasteiger partial charge in [-0.2, -0.15) is 0 Å². The Morgan fingerprint density at radius 1 is 1.18 bits per heavy atom. The highest BCUT2D eigenvalue weighted by Crippen LogP contribution is 2.29. The minimum absolute atomic E-state index is 0.0359. The molecule has 22 heavy (non-hydrogen) atoms. The lowest BCUT2D eigenvalue weighted by atomic mass is 10.1. The standard InChI is InChI=1S/C16H23NO4S/c1-16(2,3)21-15(18)17-10-9-14(22(19,20)12-11-17)13-7-5-4-6-8-13/h4-8,14H,9-12H2,1-3H3. The number of amides is 1. The fourth-order valence-electron chi connectivity index (χ4n) is 2.49. The number of hydrogen-bond donors (Lipinski definition) is 0. The normalized spacial score (nSPS) is 22.0. The molecule has 1 aromatic rings. The van der Waals surface area contributed by atoms with Crippen LogP contribution in [0.4, 0.5) is 4.79 Å². The van der Waals surface area contributed by atoms with E-state index in [1.54, 1.807) is 20.8 Å². The van der Waals surface area contributed by atoms with Gasteiger partial charge in [0.05, 0.1) is 11.0 Å². The number of nitrogens with zero attached hydrogens (tertiary/aromatic N) is 1. The largest absolute Gasteiger partial charge is 0.444 e. The Labute approximate surface area is 132 Å². The van der Waals surface area contributed by atoms with Crippen LogP contribution in [0.25, 0.3) is 0 Å². The van der Waals surface area contributed by atoms with Gasteiger partial charge < -0.3 is 9.64 Å². The fourth-order valence-corrected chi connectivity index (χ4v) is 4.29. The Balaban J connectivity index is 2.15. The topological polar surface area (TPSA) is 63.7 Å². The van der Waals surface area contributed by atoms with Crippen LogP contribution in [0.5, 0.6) is 0 Å². The minimum Gasteiger partial charge on any atom is -0.444 e. The van der Waals surface area contributed by atoms with Crippen LogP contribution in [0, 0.1) is 0 Å². The van der Waals surface area contributed by atoms with Crippen molar-refractivity contribution >= 4 is 15.9 Å². The summed E-state index contributed by atoms with van der Waals surface area (Å²) in [6.45, 7) is 5.96. The van der Waals surface area contributed by atoms with Crippen LogP contribution < -0.4 is 0 Å². The summed E-state index contributed by atoms with van der Waals surface area (Å²) < 4.78 is 30.3. The van der Waals surface area contributed by atoms with Gasteiger partial charge in [-0.15, -0.1) is 0 Å². The molecule has 0 N–H and O–H groups in total. The molecule has 1 heterocycles. The molecule has 5 nitrogen and oxygen atoms in total. The molecule has 2 rings (SSSR count). The molecule has 1 atom stereocenters. The average Bonchev–Trinajstić information content (AvgIpc) is 2.56. The molecule has 1 amide bonds. The van der Waals surface area contributed by atoms with Gasteiger partial charge in [0.1, 0.15) is 5.60 Å². The second kappa shape index (κ2) is 6.28. The zero-order chi connectivity index (χ0) is 16.4. The van der Waals surface area contributed by atoms with Gasteiger partial charge in [0.15, 0.2) is 9.84 Å². The Bertz CT molecular complexity index is 619. The Kier molecular flexibility index (Phi) is 4.80. The molecule has 0 spiro atoms. The highest BCUT2D eigenvalue weighted by atomic mass is 32.2. The number of hydrogen-bond acceptors (Lipinski definition) is 4. The van der Waals surface area contributed by atoms with Gasteiger partial charge in [0, 0.05) is 13.1 Å². The number of ether oxygens (including phenoxy) is 1. The van der Waals surface area contributed by atoms with Crippen LogP contribution in [0.3, 0.4) is 0 Å². The van der Waals surface area contributed by atoms with Crippen molar-refractivity contribution in [2.45, 2.75) is 38.0 Å². The quantitative estimate of drug-likeness (QED) is 0.796. The zero-order valence-corrected chi connectivity index (χ0v) is 14.1. The third-order valence-corrected chi connectivity index (χ3v) is 5.69. The molecule has 0 saturated carbocycles. The predicted molar refractivity (Wildman–Crippen MR) is 85.4 cm³/mol. The number of carbonyl (C=O) groups is 1. The van der Waals surface area contributed by atoms with Crippen LogP contribution in [-0.4, -0.2) is 43.9 Å². The SMILES string of the molecule is CC(C)(C)OC(=O)N1CCC(c2ccccc2)S(=O)(=O)CC1. The maximum absolute atomic E-state index is 12.5. The first-order valence-electron chi connectivity index (χ1n) is 7.43. The molecular formula is C16H23NO4S. The summed E-state index contributed by atoms with van der Waals surface area (Å²) in [6.07, 6.45) is -0.0533. The maximum Gasteiger partial charge on any atom is 0.410 e. The van der Waals surface area contributed by atoms with Gasteiger partial charge in [-0.25, -0.2) is 13.2 Å². The summed E-state index contributed by atoms with van der Waals surface area (Å²) in [6, 6.07) is 9.18. The van der Waals surface area contributed by atoms with E-state index in [1.807, 2.05) is 30.3 Å². The van der Waals surface area contributed by atoms with Crippen LogP contribution >= 0.6 is 0 Å². The Morgan fingerprint density at radius 2 is 1.82 bits per heavy atom. The lowest BCUT2D eigenvalue weighted by Crippen LogP contribution is -2.38. The molecule has 1 aliphatic heterocycles. The first kappa shape index (κ1) is 16.8. The summed E-state index contributed by atoms with van der Waals surface area (Å²) in [5.41, 5.74) is 0.203. The van der Waals surface area contributed by atoms with Crippen LogP contribution in [0.1, 0.15) is 38.0 Å². The molecule has 6 heteroatoms. The monoisotopic (exact) mass is 325 g/mol. The molecule has 1 unspecified atom stereocenters.